The quantitative estimate of drug-likeness (QED) is 0.708. The topological polar surface area (TPSA) is 125 Å². The molecule has 0 aliphatic carbocycles. The summed E-state index contributed by atoms with van der Waals surface area (Å²) in [6.45, 7) is 1.66. The van der Waals surface area contributed by atoms with E-state index in [0.717, 1.165) is 4.90 Å². The zero-order valence-corrected chi connectivity index (χ0v) is 11.6. The summed E-state index contributed by atoms with van der Waals surface area (Å²) in [4.78, 5) is 32.2. The summed E-state index contributed by atoms with van der Waals surface area (Å²) in [6.07, 6.45) is -0.856. The fourth-order valence-corrected chi connectivity index (χ4v) is 2.14. The molecule has 1 aliphatic rings. The lowest BCUT2D eigenvalue weighted by atomic mass is 10.2. The van der Waals surface area contributed by atoms with Crippen LogP contribution in [-0.2, 0) is 4.79 Å². The number of hydrogen-bond donors (Lipinski definition) is 3. The molecular formula is C12H16N4O5. The van der Waals surface area contributed by atoms with Crippen molar-refractivity contribution in [3.63, 3.8) is 0 Å². The summed E-state index contributed by atoms with van der Waals surface area (Å²) in [5, 5.41) is 21.0. The number of ether oxygens (including phenoxy) is 1. The molecule has 9 nitrogen and oxygen atoms in total. The van der Waals surface area contributed by atoms with Crippen molar-refractivity contribution in [1.82, 2.24) is 14.9 Å². The molecule has 9 heteroatoms. The van der Waals surface area contributed by atoms with Crippen molar-refractivity contribution in [2.45, 2.75) is 25.5 Å². The van der Waals surface area contributed by atoms with Crippen LogP contribution >= 0.6 is 0 Å². The van der Waals surface area contributed by atoms with Crippen LogP contribution in [0.2, 0.25) is 0 Å². The number of hydrogen-bond acceptors (Lipinski definition) is 6. The Morgan fingerprint density at radius 3 is 2.81 bits per heavy atom. The van der Waals surface area contributed by atoms with Crippen LogP contribution in [0.1, 0.15) is 12.1 Å². The minimum atomic E-state index is -1.16. The maximum atomic E-state index is 12.1. The van der Waals surface area contributed by atoms with Crippen molar-refractivity contribution in [3.05, 3.63) is 11.8 Å². The Hall–Kier alpha value is -2.42. The average Bonchev–Trinajstić information content (AvgIpc) is 2.80. The highest BCUT2D eigenvalue weighted by molar-refractivity contribution is 5.91. The Bertz CT molecular complexity index is 565. The number of β-amino-alcohol motifs (C(OH)–C–C–N with tert-alkyl or cyclic N) is 1. The standard InChI is InChI=1S/C12H16N4O5/c1-6-3-9(21-2)14-11(13-6)15-12(20)16-5-7(17)4-8(16)10(18)19/h3,7-8,17H,4-5H2,1-2H3,(H,18,19)(H,13,14,15,20)/t7-,8-/m0/s1. The normalized spacial score (nSPS) is 21.2. The lowest BCUT2D eigenvalue weighted by Gasteiger charge is -2.21. The van der Waals surface area contributed by atoms with Crippen LogP contribution in [0.4, 0.5) is 10.7 Å². The molecule has 0 spiro atoms. The molecule has 1 aromatic heterocycles. The van der Waals surface area contributed by atoms with E-state index in [2.05, 4.69) is 15.3 Å². The first-order valence-corrected chi connectivity index (χ1v) is 6.29. The molecule has 2 heterocycles. The monoisotopic (exact) mass is 296 g/mol. The Labute approximate surface area is 120 Å². The van der Waals surface area contributed by atoms with Gasteiger partial charge in [0.2, 0.25) is 11.8 Å². The van der Waals surface area contributed by atoms with Crippen molar-refractivity contribution in [3.8, 4) is 5.88 Å². The van der Waals surface area contributed by atoms with Gasteiger partial charge in [0.1, 0.15) is 6.04 Å². The molecule has 21 heavy (non-hydrogen) atoms. The number of urea groups is 1. The van der Waals surface area contributed by atoms with Gasteiger partial charge in [-0.2, -0.15) is 4.98 Å². The van der Waals surface area contributed by atoms with E-state index >= 15 is 0 Å². The van der Waals surface area contributed by atoms with Gasteiger partial charge >= 0.3 is 12.0 Å². The Morgan fingerprint density at radius 1 is 1.48 bits per heavy atom. The summed E-state index contributed by atoms with van der Waals surface area (Å²) in [6, 6.07) is -0.145. The molecule has 1 saturated heterocycles. The molecule has 0 aromatic carbocycles. The van der Waals surface area contributed by atoms with Gasteiger partial charge in [-0.3, -0.25) is 5.32 Å². The van der Waals surface area contributed by atoms with Gasteiger partial charge in [-0.1, -0.05) is 0 Å². The number of nitrogens with zero attached hydrogens (tertiary/aromatic N) is 3. The van der Waals surface area contributed by atoms with E-state index in [1.807, 2.05) is 0 Å². The highest BCUT2D eigenvalue weighted by atomic mass is 16.5. The molecule has 0 saturated carbocycles. The number of carbonyl (C=O) groups excluding carboxylic acids is 1. The second-order valence-corrected chi connectivity index (χ2v) is 4.70. The molecule has 2 amide bonds. The lowest BCUT2D eigenvalue weighted by Crippen LogP contribution is -2.43. The van der Waals surface area contributed by atoms with Crippen LogP contribution in [0.15, 0.2) is 6.07 Å². The molecule has 0 radical (unpaired) electrons. The van der Waals surface area contributed by atoms with E-state index in [0.29, 0.717) is 5.69 Å². The number of likely N-dealkylation sites (tertiary alicyclic amines) is 1. The molecule has 0 bridgehead atoms. The minimum Gasteiger partial charge on any atom is -0.481 e. The number of aliphatic hydroxyl groups is 1. The second-order valence-electron chi connectivity index (χ2n) is 4.70. The van der Waals surface area contributed by atoms with E-state index < -0.39 is 24.1 Å². The van der Waals surface area contributed by atoms with Crippen molar-refractivity contribution >= 4 is 17.9 Å². The number of nitrogens with one attached hydrogen (secondary N) is 1. The molecule has 2 rings (SSSR count). The number of rotatable bonds is 3. The van der Waals surface area contributed by atoms with Crippen LogP contribution in [0, 0.1) is 6.92 Å². The Balaban J connectivity index is 2.14. The van der Waals surface area contributed by atoms with Gasteiger partial charge in [0.05, 0.1) is 13.2 Å². The SMILES string of the molecule is COc1cc(C)nc(NC(=O)N2C[C@@H](O)C[C@H]2C(=O)O)n1. The third-order valence-corrected chi connectivity index (χ3v) is 3.08. The van der Waals surface area contributed by atoms with Gasteiger partial charge in [0.15, 0.2) is 0 Å². The van der Waals surface area contributed by atoms with Crippen LogP contribution in [-0.4, -0.2) is 62.9 Å². The van der Waals surface area contributed by atoms with E-state index in [1.54, 1.807) is 13.0 Å². The number of anilines is 1. The van der Waals surface area contributed by atoms with Crippen molar-refractivity contribution in [2.24, 2.45) is 0 Å². The van der Waals surface area contributed by atoms with E-state index in [4.69, 9.17) is 9.84 Å². The third-order valence-electron chi connectivity index (χ3n) is 3.08. The lowest BCUT2D eigenvalue weighted by molar-refractivity contribution is -0.141. The van der Waals surface area contributed by atoms with Gasteiger partial charge in [0.25, 0.3) is 0 Å². The predicted octanol–water partition coefficient (Wildman–Crippen LogP) is -0.155. The molecule has 3 N–H and O–H groups in total. The molecule has 2 atom stereocenters. The van der Waals surface area contributed by atoms with Gasteiger partial charge in [-0.15, -0.1) is 0 Å². The third kappa shape index (κ3) is 3.37. The van der Waals surface area contributed by atoms with E-state index in [-0.39, 0.29) is 24.8 Å². The number of aromatic nitrogens is 2. The van der Waals surface area contributed by atoms with Crippen molar-refractivity contribution in [2.75, 3.05) is 19.0 Å². The summed E-state index contributed by atoms with van der Waals surface area (Å²) < 4.78 is 4.97. The number of carboxylic acid groups (broad SMARTS) is 1. The number of carbonyl (C=O) groups is 2. The van der Waals surface area contributed by atoms with Crippen LogP contribution in [0.5, 0.6) is 5.88 Å². The number of amides is 2. The van der Waals surface area contributed by atoms with Gasteiger partial charge in [-0.25, -0.2) is 14.6 Å². The molecular weight excluding hydrogens is 280 g/mol. The Kier molecular flexibility index (Phi) is 4.22. The smallest absolute Gasteiger partial charge is 0.326 e. The summed E-state index contributed by atoms with van der Waals surface area (Å²) in [5.41, 5.74) is 0.591. The van der Waals surface area contributed by atoms with E-state index in [9.17, 15) is 14.7 Å². The first-order valence-electron chi connectivity index (χ1n) is 6.29. The van der Waals surface area contributed by atoms with Crippen molar-refractivity contribution < 1.29 is 24.5 Å². The maximum absolute atomic E-state index is 12.1. The number of methoxy groups -OCH3 is 1. The predicted molar refractivity (Wildman–Crippen MR) is 71.1 cm³/mol. The molecule has 114 valence electrons. The van der Waals surface area contributed by atoms with Gasteiger partial charge < -0.3 is 19.8 Å². The first-order chi connectivity index (χ1) is 9.90. The molecule has 1 fully saturated rings. The Morgan fingerprint density at radius 2 is 2.19 bits per heavy atom. The maximum Gasteiger partial charge on any atom is 0.326 e. The molecule has 1 aromatic rings. The minimum absolute atomic E-state index is 0.000743. The van der Waals surface area contributed by atoms with Gasteiger partial charge in [0, 0.05) is 24.7 Å². The van der Waals surface area contributed by atoms with Crippen LogP contribution in [0.25, 0.3) is 0 Å². The summed E-state index contributed by atoms with van der Waals surface area (Å²) in [7, 11) is 1.44. The second kappa shape index (κ2) is 5.92. The first kappa shape index (κ1) is 15.0. The van der Waals surface area contributed by atoms with Gasteiger partial charge in [-0.05, 0) is 6.92 Å². The average molecular weight is 296 g/mol. The summed E-state index contributed by atoms with van der Waals surface area (Å²) >= 11 is 0. The zero-order chi connectivity index (χ0) is 15.6. The number of aryl methyl sites for hydroxylation is 1. The fraction of sp³-hybridized carbons (Fsp3) is 0.500. The van der Waals surface area contributed by atoms with Crippen LogP contribution in [0.3, 0.4) is 0 Å². The highest BCUT2D eigenvalue weighted by Gasteiger charge is 2.39. The number of aliphatic carboxylic acids is 1. The largest absolute Gasteiger partial charge is 0.481 e. The fourth-order valence-electron chi connectivity index (χ4n) is 2.14. The van der Waals surface area contributed by atoms with Crippen LogP contribution < -0.4 is 10.1 Å². The molecule has 1 aliphatic heterocycles. The number of carboxylic acids is 1. The number of aliphatic hydroxyl groups excluding tert-OH is 1. The zero-order valence-electron chi connectivity index (χ0n) is 11.6. The molecule has 0 unspecified atom stereocenters. The van der Waals surface area contributed by atoms with Crippen molar-refractivity contribution in [1.29, 1.82) is 0 Å². The highest BCUT2D eigenvalue weighted by Crippen LogP contribution is 2.19. The summed E-state index contributed by atoms with van der Waals surface area (Å²) in [5.74, 6) is -0.860. The van der Waals surface area contributed by atoms with E-state index in [1.165, 1.54) is 7.11 Å².